The quantitative estimate of drug-likeness (QED) is 0.822. The summed E-state index contributed by atoms with van der Waals surface area (Å²) in [5, 5.41) is 0.510. The fraction of sp³-hybridized carbons (Fsp3) is 0.300. The molecule has 2 aromatic rings. The minimum absolute atomic E-state index is 0.510. The highest BCUT2D eigenvalue weighted by atomic mass is 35.5. The van der Waals surface area contributed by atoms with Gasteiger partial charge in [0.1, 0.15) is 0 Å². The van der Waals surface area contributed by atoms with Crippen molar-refractivity contribution in [3.8, 4) is 0 Å². The van der Waals surface area contributed by atoms with Crippen LogP contribution in [0.1, 0.15) is 5.56 Å². The molecule has 4 heteroatoms. The maximum Gasteiger partial charge on any atom is 0.203 e. The summed E-state index contributed by atoms with van der Waals surface area (Å²) >= 11 is 6.00. The van der Waals surface area contributed by atoms with E-state index in [9.17, 15) is 0 Å². The molecule has 0 fully saturated rings. The number of halogens is 1. The number of rotatable bonds is 2. The molecule has 0 saturated carbocycles. The van der Waals surface area contributed by atoms with Gasteiger partial charge < -0.3 is 10.3 Å². The first-order valence-electron chi connectivity index (χ1n) is 4.55. The highest BCUT2D eigenvalue weighted by molar-refractivity contribution is 6.29. The molecule has 0 aliphatic rings. The standard InChI is InChI=1S/C10H12ClN3/c1-7-2-3-9-8(6-7)13-10(11)14(9)5-4-12/h2-3,6H,4-5,12H2,1H3. The molecule has 1 aromatic heterocycles. The molecule has 1 aromatic carbocycles. The van der Waals surface area contributed by atoms with Gasteiger partial charge in [-0.3, -0.25) is 0 Å². The van der Waals surface area contributed by atoms with E-state index in [2.05, 4.69) is 4.98 Å². The van der Waals surface area contributed by atoms with E-state index in [1.165, 1.54) is 5.56 Å². The average molecular weight is 210 g/mol. The van der Waals surface area contributed by atoms with Crippen LogP contribution >= 0.6 is 11.6 Å². The van der Waals surface area contributed by atoms with Crippen molar-refractivity contribution in [1.82, 2.24) is 9.55 Å². The molecule has 0 radical (unpaired) electrons. The summed E-state index contributed by atoms with van der Waals surface area (Å²) in [6.07, 6.45) is 0. The SMILES string of the molecule is Cc1ccc2c(c1)nc(Cl)n2CCN. The van der Waals surface area contributed by atoms with E-state index in [1.807, 2.05) is 29.7 Å². The minimum Gasteiger partial charge on any atom is -0.329 e. The normalized spacial score (nSPS) is 11.1. The summed E-state index contributed by atoms with van der Waals surface area (Å²) in [7, 11) is 0. The van der Waals surface area contributed by atoms with Gasteiger partial charge in [-0.25, -0.2) is 4.98 Å². The first kappa shape index (κ1) is 9.49. The van der Waals surface area contributed by atoms with Crippen molar-refractivity contribution < 1.29 is 0 Å². The molecule has 14 heavy (non-hydrogen) atoms. The molecule has 0 amide bonds. The van der Waals surface area contributed by atoms with E-state index < -0.39 is 0 Å². The zero-order valence-corrected chi connectivity index (χ0v) is 8.75. The molecule has 2 N–H and O–H groups in total. The first-order valence-corrected chi connectivity index (χ1v) is 4.92. The Morgan fingerprint density at radius 1 is 1.50 bits per heavy atom. The Morgan fingerprint density at radius 2 is 2.29 bits per heavy atom. The van der Waals surface area contributed by atoms with Gasteiger partial charge in [0.25, 0.3) is 0 Å². The molecular formula is C10H12ClN3. The second-order valence-electron chi connectivity index (χ2n) is 3.31. The maximum atomic E-state index is 6.00. The van der Waals surface area contributed by atoms with Gasteiger partial charge in [0, 0.05) is 13.1 Å². The van der Waals surface area contributed by atoms with Crippen LogP contribution < -0.4 is 5.73 Å². The van der Waals surface area contributed by atoms with Crippen LogP contribution in [0.3, 0.4) is 0 Å². The lowest BCUT2D eigenvalue weighted by molar-refractivity contribution is 0.729. The Kier molecular flexibility index (Phi) is 2.44. The first-order chi connectivity index (χ1) is 6.72. The van der Waals surface area contributed by atoms with Crippen molar-refractivity contribution in [1.29, 1.82) is 0 Å². The summed E-state index contributed by atoms with van der Waals surface area (Å²) in [4.78, 5) is 4.27. The smallest absolute Gasteiger partial charge is 0.203 e. The Labute approximate surface area is 87.5 Å². The molecule has 2 rings (SSSR count). The van der Waals surface area contributed by atoms with Gasteiger partial charge in [-0.15, -0.1) is 0 Å². The topological polar surface area (TPSA) is 43.8 Å². The molecule has 0 atom stereocenters. The lowest BCUT2D eigenvalue weighted by Crippen LogP contribution is -2.09. The third kappa shape index (κ3) is 1.49. The second-order valence-corrected chi connectivity index (χ2v) is 3.65. The second kappa shape index (κ2) is 3.59. The molecule has 0 unspecified atom stereocenters. The molecule has 0 aliphatic carbocycles. The molecular weight excluding hydrogens is 198 g/mol. The van der Waals surface area contributed by atoms with Gasteiger partial charge in [-0.2, -0.15) is 0 Å². The molecule has 0 saturated heterocycles. The van der Waals surface area contributed by atoms with Gasteiger partial charge >= 0.3 is 0 Å². The monoisotopic (exact) mass is 209 g/mol. The number of imidazole rings is 1. The zero-order valence-electron chi connectivity index (χ0n) is 8.00. The van der Waals surface area contributed by atoms with Gasteiger partial charge in [0.05, 0.1) is 11.0 Å². The summed E-state index contributed by atoms with van der Waals surface area (Å²) in [6.45, 7) is 3.31. The molecule has 74 valence electrons. The predicted octanol–water partition coefficient (Wildman–Crippen LogP) is 1.96. The highest BCUT2D eigenvalue weighted by Gasteiger charge is 2.07. The Hall–Kier alpha value is -1.06. The molecule has 3 nitrogen and oxygen atoms in total. The van der Waals surface area contributed by atoms with Crippen LogP contribution in [-0.2, 0) is 6.54 Å². The Morgan fingerprint density at radius 3 is 3.00 bits per heavy atom. The van der Waals surface area contributed by atoms with Crippen LogP contribution in [0.5, 0.6) is 0 Å². The number of benzene rings is 1. The van der Waals surface area contributed by atoms with Crippen molar-refractivity contribution in [2.75, 3.05) is 6.54 Å². The van der Waals surface area contributed by atoms with E-state index in [-0.39, 0.29) is 0 Å². The predicted molar refractivity (Wildman–Crippen MR) is 58.5 cm³/mol. The summed E-state index contributed by atoms with van der Waals surface area (Å²) in [6, 6.07) is 6.10. The third-order valence-corrected chi connectivity index (χ3v) is 2.50. The van der Waals surface area contributed by atoms with Crippen molar-refractivity contribution in [3.63, 3.8) is 0 Å². The van der Waals surface area contributed by atoms with Gasteiger partial charge in [0.2, 0.25) is 5.28 Å². The molecule has 1 heterocycles. The van der Waals surface area contributed by atoms with Gasteiger partial charge in [-0.1, -0.05) is 6.07 Å². The fourth-order valence-corrected chi connectivity index (χ4v) is 1.82. The van der Waals surface area contributed by atoms with Crippen molar-refractivity contribution in [2.45, 2.75) is 13.5 Å². The van der Waals surface area contributed by atoms with E-state index in [4.69, 9.17) is 17.3 Å². The number of aromatic nitrogens is 2. The average Bonchev–Trinajstić information content (AvgIpc) is 2.43. The lowest BCUT2D eigenvalue weighted by Gasteiger charge is -2.02. The lowest BCUT2D eigenvalue weighted by atomic mass is 10.2. The molecule has 0 spiro atoms. The van der Waals surface area contributed by atoms with Gasteiger partial charge in [-0.05, 0) is 36.2 Å². The van der Waals surface area contributed by atoms with Crippen molar-refractivity contribution in [2.24, 2.45) is 5.73 Å². The fourth-order valence-electron chi connectivity index (χ4n) is 1.55. The van der Waals surface area contributed by atoms with Gasteiger partial charge in [0.15, 0.2) is 0 Å². The number of aryl methyl sites for hydroxylation is 1. The number of nitrogens with zero attached hydrogens (tertiary/aromatic N) is 2. The molecule has 0 bridgehead atoms. The minimum atomic E-state index is 0.510. The van der Waals surface area contributed by atoms with Crippen molar-refractivity contribution >= 4 is 22.6 Å². The summed E-state index contributed by atoms with van der Waals surface area (Å²) in [5.41, 5.74) is 8.67. The highest BCUT2D eigenvalue weighted by Crippen LogP contribution is 2.20. The molecule has 0 aliphatic heterocycles. The maximum absolute atomic E-state index is 6.00. The van der Waals surface area contributed by atoms with E-state index in [0.29, 0.717) is 18.4 Å². The third-order valence-electron chi connectivity index (χ3n) is 2.21. The van der Waals surface area contributed by atoms with Crippen LogP contribution in [-0.4, -0.2) is 16.1 Å². The van der Waals surface area contributed by atoms with E-state index in [0.717, 1.165) is 11.0 Å². The van der Waals surface area contributed by atoms with Crippen molar-refractivity contribution in [3.05, 3.63) is 29.0 Å². The zero-order chi connectivity index (χ0) is 10.1. The van der Waals surface area contributed by atoms with E-state index >= 15 is 0 Å². The number of fused-ring (bicyclic) bond motifs is 1. The van der Waals surface area contributed by atoms with Crippen LogP contribution in [0.25, 0.3) is 11.0 Å². The number of hydrogen-bond donors (Lipinski definition) is 1. The van der Waals surface area contributed by atoms with Crippen LogP contribution in [0, 0.1) is 6.92 Å². The summed E-state index contributed by atoms with van der Waals surface area (Å²) < 4.78 is 1.93. The Balaban J connectivity index is 2.64. The summed E-state index contributed by atoms with van der Waals surface area (Å²) in [5.74, 6) is 0. The number of hydrogen-bond acceptors (Lipinski definition) is 2. The van der Waals surface area contributed by atoms with Crippen LogP contribution in [0.15, 0.2) is 18.2 Å². The Bertz CT molecular complexity index is 462. The number of nitrogens with two attached hydrogens (primary N) is 1. The van der Waals surface area contributed by atoms with E-state index in [1.54, 1.807) is 0 Å². The largest absolute Gasteiger partial charge is 0.329 e. The van der Waals surface area contributed by atoms with Crippen LogP contribution in [0.2, 0.25) is 5.28 Å². The van der Waals surface area contributed by atoms with Crippen LogP contribution in [0.4, 0.5) is 0 Å².